The van der Waals surface area contributed by atoms with Crippen LogP contribution in [0.2, 0.25) is 0 Å². The quantitative estimate of drug-likeness (QED) is 0.683. The lowest BCUT2D eigenvalue weighted by molar-refractivity contribution is 0.626. The average Bonchev–Trinajstić information content (AvgIpc) is 2.69. The third kappa shape index (κ3) is 2.59. The van der Waals surface area contributed by atoms with Crippen molar-refractivity contribution in [3.63, 3.8) is 0 Å². The molecule has 2 aromatic rings. The van der Waals surface area contributed by atoms with Crippen molar-refractivity contribution in [3.8, 4) is 0 Å². The second kappa shape index (κ2) is 5.96. The molecule has 104 valence electrons. The van der Waals surface area contributed by atoms with E-state index in [2.05, 4.69) is 45.1 Å². The van der Waals surface area contributed by atoms with E-state index in [0.717, 1.165) is 30.6 Å². The molecule has 1 aliphatic rings. The van der Waals surface area contributed by atoms with Gasteiger partial charge in [0, 0.05) is 23.2 Å². The zero-order valence-corrected chi connectivity index (χ0v) is 12.9. The highest BCUT2D eigenvalue weighted by Crippen LogP contribution is 2.35. The molecule has 1 nitrogen and oxygen atoms in total. The van der Waals surface area contributed by atoms with E-state index in [1.165, 1.54) is 17.7 Å². The van der Waals surface area contributed by atoms with E-state index in [1.807, 2.05) is 6.07 Å². The SMILES string of the molecule is Fc1ccc(N2CCCCc3ccccc32)c(CBr)c1. The van der Waals surface area contributed by atoms with Crippen LogP contribution in [0.15, 0.2) is 42.5 Å². The molecule has 1 heterocycles. The van der Waals surface area contributed by atoms with Crippen LogP contribution in [0.3, 0.4) is 0 Å². The van der Waals surface area contributed by atoms with Gasteiger partial charge in [-0.3, -0.25) is 0 Å². The highest BCUT2D eigenvalue weighted by atomic mass is 79.9. The van der Waals surface area contributed by atoms with Crippen molar-refractivity contribution < 1.29 is 4.39 Å². The molecule has 0 fully saturated rings. The molecule has 0 radical (unpaired) electrons. The molecule has 0 amide bonds. The molecule has 0 atom stereocenters. The molecule has 0 N–H and O–H groups in total. The van der Waals surface area contributed by atoms with Crippen LogP contribution in [0.5, 0.6) is 0 Å². The molecule has 0 bridgehead atoms. The minimum atomic E-state index is -0.175. The van der Waals surface area contributed by atoms with Gasteiger partial charge in [-0.05, 0) is 54.7 Å². The van der Waals surface area contributed by atoms with Crippen LogP contribution >= 0.6 is 15.9 Å². The fourth-order valence-electron chi connectivity index (χ4n) is 2.87. The van der Waals surface area contributed by atoms with Gasteiger partial charge in [0.25, 0.3) is 0 Å². The van der Waals surface area contributed by atoms with E-state index in [0.29, 0.717) is 5.33 Å². The number of aryl methyl sites for hydroxylation is 1. The molecular weight excluding hydrogens is 317 g/mol. The molecular formula is C17H17BrFN. The lowest BCUT2D eigenvalue weighted by Gasteiger charge is -2.27. The van der Waals surface area contributed by atoms with Gasteiger partial charge in [0.1, 0.15) is 5.82 Å². The van der Waals surface area contributed by atoms with Gasteiger partial charge >= 0.3 is 0 Å². The molecule has 0 aliphatic carbocycles. The van der Waals surface area contributed by atoms with Crippen molar-refractivity contribution in [2.24, 2.45) is 0 Å². The van der Waals surface area contributed by atoms with Crippen molar-refractivity contribution >= 4 is 27.3 Å². The van der Waals surface area contributed by atoms with E-state index in [9.17, 15) is 4.39 Å². The maximum atomic E-state index is 13.4. The molecule has 0 spiro atoms. The van der Waals surface area contributed by atoms with Gasteiger partial charge in [-0.25, -0.2) is 4.39 Å². The summed E-state index contributed by atoms with van der Waals surface area (Å²) in [5.74, 6) is -0.175. The lowest BCUT2D eigenvalue weighted by Crippen LogP contribution is -2.19. The Kier molecular flexibility index (Phi) is 4.06. The highest BCUT2D eigenvalue weighted by molar-refractivity contribution is 9.08. The summed E-state index contributed by atoms with van der Waals surface area (Å²) in [5, 5.41) is 0.665. The van der Waals surface area contributed by atoms with E-state index in [4.69, 9.17) is 0 Å². The first-order valence-corrected chi connectivity index (χ1v) is 8.11. The van der Waals surface area contributed by atoms with Crippen LogP contribution in [0.4, 0.5) is 15.8 Å². The third-order valence-electron chi connectivity index (χ3n) is 3.84. The summed E-state index contributed by atoms with van der Waals surface area (Å²) in [5.41, 5.74) is 4.76. The number of fused-ring (bicyclic) bond motifs is 1. The number of rotatable bonds is 2. The Hall–Kier alpha value is -1.35. The number of para-hydroxylation sites is 1. The third-order valence-corrected chi connectivity index (χ3v) is 4.44. The Bertz CT molecular complexity index is 612. The topological polar surface area (TPSA) is 3.24 Å². The number of alkyl halides is 1. The molecule has 3 heteroatoms. The fourth-order valence-corrected chi connectivity index (χ4v) is 3.32. The monoisotopic (exact) mass is 333 g/mol. The first-order valence-electron chi connectivity index (χ1n) is 6.99. The van der Waals surface area contributed by atoms with Crippen molar-refractivity contribution in [1.29, 1.82) is 0 Å². The van der Waals surface area contributed by atoms with E-state index in [1.54, 1.807) is 12.1 Å². The second-order valence-corrected chi connectivity index (χ2v) is 5.70. The number of hydrogen-bond donors (Lipinski definition) is 0. The molecule has 2 aromatic carbocycles. The summed E-state index contributed by atoms with van der Waals surface area (Å²) in [7, 11) is 0. The molecule has 3 rings (SSSR count). The predicted octanol–water partition coefficient (Wildman–Crippen LogP) is 5.20. The standard InChI is InChI=1S/C17H17BrFN/c18-12-14-11-15(19)8-9-17(14)20-10-4-3-6-13-5-1-2-7-16(13)20/h1-2,5,7-9,11H,3-4,6,10,12H2. The van der Waals surface area contributed by atoms with Crippen molar-refractivity contribution in [2.75, 3.05) is 11.4 Å². The number of hydrogen-bond acceptors (Lipinski definition) is 1. The Morgan fingerprint density at radius 2 is 1.90 bits per heavy atom. The van der Waals surface area contributed by atoms with Crippen LogP contribution in [0, 0.1) is 5.82 Å². The first kappa shape index (κ1) is 13.6. The number of benzene rings is 2. The van der Waals surface area contributed by atoms with Gasteiger partial charge in [-0.1, -0.05) is 34.1 Å². The lowest BCUT2D eigenvalue weighted by atomic mass is 10.1. The summed E-state index contributed by atoms with van der Waals surface area (Å²) in [4.78, 5) is 2.33. The largest absolute Gasteiger partial charge is 0.341 e. The second-order valence-electron chi connectivity index (χ2n) is 5.14. The van der Waals surface area contributed by atoms with Crippen molar-refractivity contribution in [1.82, 2.24) is 0 Å². The molecule has 0 unspecified atom stereocenters. The summed E-state index contributed by atoms with van der Waals surface area (Å²) in [6.07, 6.45) is 3.49. The molecule has 0 saturated heterocycles. The van der Waals surface area contributed by atoms with Crippen LogP contribution in [0.1, 0.15) is 24.0 Å². The van der Waals surface area contributed by atoms with Gasteiger partial charge in [-0.15, -0.1) is 0 Å². The molecule has 0 saturated carbocycles. The van der Waals surface area contributed by atoms with E-state index < -0.39 is 0 Å². The maximum Gasteiger partial charge on any atom is 0.123 e. The number of anilines is 2. The van der Waals surface area contributed by atoms with Crippen LogP contribution in [-0.4, -0.2) is 6.54 Å². The van der Waals surface area contributed by atoms with Crippen LogP contribution in [0.25, 0.3) is 0 Å². The predicted molar refractivity (Wildman–Crippen MR) is 85.4 cm³/mol. The van der Waals surface area contributed by atoms with Gasteiger partial charge < -0.3 is 4.90 Å². The fraction of sp³-hybridized carbons (Fsp3) is 0.294. The van der Waals surface area contributed by atoms with Gasteiger partial charge in [-0.2, -0.15) is 0 Å². The minimum absolute atomic E-state index is 0.175. The summed E-state index contributed by atoms with van der Waals surface area (Å²) < 4.78 is 13.4. The minimum Gasteiger partial charge on any atom is -0.341 e. The molecule has 20 heavy (non-hydrogen) atoms. The number of halogens is 2. The zero-order valence-electron chi connectivity index (χ0n) is 11.3. The average molecular weight is 334 g/mol. The summed E-state index contributed by atoms with van der Waals surface area (Å²) in [6, 6.07) is 13.6. The molecule has 0 aromatic heterocycles. The maximum absolute atomic E-state index is 13.4. The first-order chi connectivity index (χ1) is 9.79. The van der Waals surface area contributed by atoms with Crippen LogP contribution in [-0.2, 0) is 11.8 Å². The normalized spacial score (nSPS) is 14.8. The summed E-state index contributed by atoms with van der Waals surface area (Å²) >= 11 is 3.48. The highest BCUT2D eigenvalue weighted by Gasteiger charge is 2.18. The van der Waals surface area contributed by atoms with Gasteiger partial charge in [0.05, 0.1) is 0 Å². The van der Waals surface area contributed by atoms with E-state index in [-0.39, 0.29) is 5.82 Å². The smallest absolute Gasteiger partial charge is 0.123 e. The Balaban J connectivity index is 2.10. The number of nitrogens with zero attached hydrogens (tertiary/aromatic N) is 1. The van der Waals surface area contributed by atoms with Gasteiger partial charge in [0.15, 0.2) is 0 Å². The Labute approximate surface area is 127 Å². The Morgan fingerprint density at radius 3 is 2.75 bits per heavy atom. The van der Waals surface area contributed by atoms with Crippen molar-refractivity contribution in [2.45, 2.75) is 24.6 Å². The van der Waals surface area contributed by atoms with Crippen molar-refractivity contribution in [3.05, 3.63) is 59.4 Å². The van der Waals surface area contributed by atoms with E-state index >= 15 is 0 Å². The summed E-state index contributed by atoms with van der Waals surface area (Å²) in [6.45, 7) is 0.989. The Morgan fingerprint density at radius 1 is 1.05 bits per heavy atom. The van der Waals surface area contributed by atoms with Crippen LogP contribution < -0.4 is 4.90 Å². The van der Waals surface area contributed by atoms with Gasteiger partial charge in [0.2, 0.25) is 0 Å². The zero-order chi connectivity index (χ0) is 13.9. The molecule has 1 aliphatic heterocycles.